The molecule has 0 radical (unpaired) electrons. The van der Waals surface area contributed by atoms with Gasteiger partial charge in [-0.15, -0.1) is 0 Å². The highest BCUT2D eigenvalue weighted by molar-refractivity contribution is 9.12. The van der Waals surface area contributed by atoms with Crippen LogP contribution in [-0.2, 0) is 5.41 Å². The van der Waals surface area contributed by atoms with Crippen molar-refractivity contribution in [1.82, 2.24) is 0 Å². The Morgan fingerprint density at radius 1 is 0.677 bits per heavy atom. The van der Waals surface area contributed by atoms with Crippen molar-refractivity contribution in [2.75, 3.05) is 23.9 Å². The van der Waals surface area contributed by atoms with E-state index in [1.807, 2.05) is 0 Å². The summed E-state index contributed by atoms with van der Waals surface area (Å²) in [4.78, 5) is 0.486. The Balaban J connectivity index is 2.34. The summed E-state index contributed by atoms with van der Waals surface area (Å²) in [7, 11) is 0. The maximum atomic E-state index is 5.99. The van der Waals surface area contributed by atoms with Crippen LogP contribution in [-0.4, -0.2) is 33.5 Å². The van der Waals surface area contributed by atoms with Crippen molar-refractivity contribution in [1.29, 1.82) is 0 Å². The number of hydrogen-bond acceptors (Lipinski definition) is 2. The minimum Gasteiger partial charge on any atom is -0.490 e. The molecule has 0 fully saturated rings. The van der Waals surface area contributed by atoms with E-state index in [0.29, 0.717) is 13.2 Å². The van der Waals surface area contributed by atoms with Gasteiger partial charge in [0.25, 0.3) is 0 Å². The van der Waals surface area contributed by atoms with Gasteiger partial charge >= 0.3 is 0 Å². The third kappa shape index (κ3) is 7.94. The molecule has 172 valence electrons. The lowest BCUT2D eigenvalue weighted by Crippen LogP contribution is -2.20. The number of hydrogen-bond donors (Lipinski definition) is 0. The third-order valence-electron chi connectivity index (χ3n) is 4.59. The molecule has 0 aliphatic carbocycles. The molecule has 0 unspecified atom stereocenters. The van der Waals surface area contributed by atoms with Crippen molar-refractivity contribution < 1.29 is 9.47 Å². The van der Waals surface area contributed by atoms with Crippen LogP contribution >= 0.6 is 127 Å². The quantitative estimate of drug-likeness (QED) is 0.221. The highest BCUT2D eigenvalue weighted by Gasteiger charge is 2.27. The monoisotopic (exact) mass is 935 g/mol. The van der Waals surface area contributed by atoms with E-state index >= 15 is 0 Å². The second-order valence-electron chi connectivity index (χ2n) is 7.29. The molecular weight excluding hydrogens is 923 g/mol. The molecule has 0 spiro atoms. The minimum absolute atomic E-state index is 0.243. The number of rotatable bonds is 10. The van der Waals surface area contributed by atoms with E-state index in [0.717, 1.165) is 51.2 Å². The molecule has 2 aromatic carbocycles. The number of alkyl halides is 4. The molecule has 0 aliphatic rings. The fourth-order valence-electron chi connectivity index (χ4n) is 2.72. The fraction of sp³-hybridized carbons (Fsp3) is 0.429. The molecular formula is C21H20Br8O2. The van der Waals surface area contributed by atoms with E-state index in [1.54, 1.807) is 0 Å². The summed E-state index contributed by atoms with van der Waals surface area (Å²) in [6, 6.07) is 8.48. The standard InChI is InChI=1S/C21H20Br8O2/c1-21(2,11-3-15(26)19(16(27)4-11)30-9-13(24)7-22)12-5-17(28)20(18(29)6-12)31-10-14(25)8-23/h3-6,13-14H,7-10H2,1-2H3/t13-,14+. The van der Waals surface area contributed by atoms with Crippen molar-refractivity contribution in [2.24, 2.45) is 0 Å². The molecule has 31 heavy (non-hydrogen) atoms. The van der Waals surface area contributed by atoms with E-state index in [2.05, 4.69) is 166 Å². The molecule has 0 saturated carbocycles. The predicted molar refractivity (Wildman–Crippen MR) is 160 cm³/mol. The summed E-state index contributed by atoms with van der Waals surface area (Å²) in [6.45, 7) is 5.54. The zero-order chi connectivity index (χ0) is 23.3. The Morgan fingerprint density at radius 2 is 0.968 bits per heavy atom. The average Bonchev–Trinajstić information content (AvgIpc) is 2.71. The van der Waals surface area contributed by atoms with Crippen LogP contribution in [0.4, 0.5) is 0 Å². The van der Waals surface area contributed by atoms with Crippen LogP contribution in [0.1, 0.15) is 25.0 Å². The topological polar surface area (TPSA) is 18.5 Å². The summed E-state index contributed by atoms with van der Waals surface area (Å²) in [6.07, 6.45) is 0. The molecule has 0 saturated heterocycles. The van der Waals surface area contributed by atoms with Gasteiger partial charge in [-0.05, 0) is 99.1 Å². The highest BCUT2D eigenvalue weighted by atomic mass is 79.9. The first kappa shape index (κ1) is 29.1. The fourth-order valence-corrected chi connectivity index (χ4v) is 6.19. The Bertz CT molecular complexity index is 785. The van der Waals surface area contributed by atoms with Crippen LogP contribution in [0.3, 0.4) is 0 Å². The molecule has 0 aromatic heterocycles. The van der Waals surface area contributed by atoms with Gasteiger partial charge in [0.05, 0.1) is 27.5 Å². The lowest BCUT2D eigenvalue weighted by atomic mass is 9.78. The second-order valence-corrected chi connectivity index (χ2v) is 14.6. The lowest BCUT2D eigenvalue weighted by molar-refractivity contribution is 0.321. The Morgan fingerprint density at radius 3 is 1.23 bits per heavy atom. The van der Waals surface area contributed by atoms with Crippen LogP contribution < -0.4 is 9.47 Å². The van der Waals surface area contributed by atoms with Crippen molar-refractivity contribution in [3.05, 3.63) is 53.3 Å². The zero-order valence-electron chi connectivity index (χ0n) is 16.6. The van der Waals surface area contributed by atoms with E-state index < -0.39 is 0 Å². The van der Waals surface area contributed by atoms with Gasteiger partial charge in [-0.1, -0.05) is 77.6 Å². The molecule has 2 aromatic rings. The first-order valence-electron chi connectivity index (χ1n) is 9.15. The summed E-state index contributed by atoms with van der Waals surface area (Å²) in [5, 5.41) is 1.65. The van der Waals surface area contributed by atoms with Gasteiger partial charge < -0.3 is 9.47 Å². The maximum Gasteiger partial charge on any atom is 0.147 e. The molecule has 0 aliphatic heterocycles. The SMILES string of the molecule is CC(C)(c1cc(Br)c(OC[C@H](Br)CBr)c(Br)c1)c1cc(Br)c(OC[C@@H](Br)CBr)c(Br)c1. The summed E-state index contributed by atoms with van der Waals surface area (Å²) in [5.41, 5.74) is 2.05. The minimum atomic E-state index is -0.255. The summed E-state index contributed by atoms with van der Waals surface area (Å²) >= 11 is 28.8. The van der Waals surface area contributed by atoms with Crippen molar-refractivity contribution in [3.8, 4) is 11.5 Å². The Labute approximate surface area is 251 Å². The van der Waals surface area contributed by atoms with Gasteiger partial charge in [0.1, 0.15) is 24.7 Å². The molecule has 0 amide bonds. The first-order valence-corrected chi connectivity index (χ1v) is 16.4. The lowest BCUT2D eigenvalue weighted by Gasteiger charge is -2.28. The van der Waals surface area contributed by atoms with Gasteiger partial charge in [0.15, 0.2) is 0 Å². The number of benzene rings is 2. The van der Waals surface area contributed by atoms with Crippen molar-refractivity contribution in [2.45, 2.75) is 28.9 Å². The Kier molecular flexibility index (Phi) is 12.5. The molecule has 2 atom stereocenters. The van der Waals surface area contributed by atoms with Gasteiger partial charge in [-0.3, -0.25) is 0 Å². The van der Waals surface area contributed by atoms with Gasteiger partial charge in [-0.2, -0.15) is 0 Å². The molecule has 0 N–H and O–H groups in total. The third-order valence-corrected chi connectivity index (χ3v) is 11.4. The largest absolute Gasteiger partial charge is 0.490 e. The normalized spacial score (nSPS) is 13.7. The first-order chi connectivity index (χ1) is 14.5. The van der Waals surface area contributed by atoms with Gasteiger partial charge in [0, 0.05) is 16.1 Å². The number of ether oxygens (including phenoxy) is 2. The van der Waals surface area contributed by atoms with E-state index in [1.165, 1.54) is 0 Å². The van der Waals surface area contributed by atoms with E-state index in [-0.39, 0.29) is 15.1 Å². The average molecular weight is 944 g/mol. The number of halogens is 8. The zero-order valence-corrected chi connectivity index (χ0v) is 29.3. The van der Waals surface area contributed by atoms with Gasteiger partial charge in [-0.25, -0.2) is 0 Å². The molecule has 0 heterocycles. The van der Waals surface area contributed by atoms with Crippen LogP contribution in [0.5, 0.6) is 11.5 Å². The molecule has 2 nitrogen and oxygen atoms in total. The maximum absolute atomic E-state index is 5.99. The predicted octanol–water partition coefficient (Wildman–Crippen LogP) is 10.1. The van der Waals surface area contributed by atoms with Crippen LogP contribution in [0.15, 0.2) is 42.2 Å². The molecule has 0 bridgehead atoms. The van der Waals surface area contributed by atoms with Crippen LogP contribution in [0, 0.1) is 0 Å². The van der Waals surface area contributed by atoms with Gasteiger partial charge in [0.2, 0.25) is 0 Å². The van der Waals surface area contributed by atoms with Crippen LogP contribution in [0.25, 0.3) is 0 Å². The highest BCUT2D eigenvalue weighted by Crippen LogP contribution is 2.44. The smallest absolute Gasteiger partial charge is 0.147 e. The van der Waals surface area contributed by atoms with Crippen molar-refractivity contribution >= 4 is 127 Å². The summed E-state index contributed by atoms with van der Waals surface area (Å²) in [5.74, 6) is 1.60. The molecule has 2 rings (SSSR count). The summed E-state index contributed by atoms with van der Waals surface area (Å²) < 4.78 is 15.6. The van der Waals surface area contributed by atoms with Crippen molar-refractivity contribution in [3.63, 3.8) is 0 Å². The Hall–Kier alpha value is 1.88. The second kappa shape index (κ2) is 13.3. The van der Waals surface area contributed by atoms with Crippen LogP contribution in [0.2, 0.25) is 0 Å². The van der Waals surface area contributed by atoms with E-state index in [9.17, 15) is 0 Å². The van der Waals surface area contributed by atoms with E-state index in [4.69, 9.17) is 9.47 Å². The molecule has 10 heteroatoms.